The molecule has 0 aliphatic carbocycles. The van der Waals surface area contributed by atoms with Crippen molar-refractivity contribution in [3.8, 4) is 22.4 Å². The zero-order valence-corrected chi connectivity index (χ0v) is 13.4. The smallest absolute Gasteiger partial charge is 0.132 e. The molecule has 2 aromatic carbocycles. The Morgan fingerprint density at radius 1 is 1.05 bits per heavy atom. The highest BCUT2D eigenvalue weighted by Crippen LogP contribution is 2.36. The van der Waals surface area contributed by atoms with E-state index in [1.165, 1.54) is 10.5 Å². The van der Waals surface area contributed by atoms with E-state index in [0.717, 1.165) is 22.4 Å². The lowest BCUT2D eigenvalue weighted by molar-refractivity contribution is 1.09. The van der Waals surface area contributed by atoms with Crippen LogP contribution < -0.4 is 0 Å². The van der Waals surface area contributed by atoms with Gasteiger partial charge in [-0.3, -0.25) is 5.10 Å². The lowest BCUT2D eigenvalue weighted by Gasteiger charge is -2.05. The van der Waals surface area contributed by atoms with Crippen molar-refractivity contribution in [2.75, 3.05) is 6.26 Å². The third-order valence-electron chi connectivity index (χ3n) is 3.39. The summed E-state index contributed by atoms with van der Waals surface area (Å²) >= 11 is 8.04. The molecule has 0 spiro atoms. The van der Waals surface area contributed by atoms with Gasteiger partial charge in [0.15, 0.2) is 0 Å². The van der Waals surface area contributed by atoms with Gasteiger partial charge in [0.05, 0.1) is 0 Å². The van der Waals surface area contributed by atoms with Gasteiger partial charge in [-0.25, -0.2) is 0 Å². The third kappa shape index (κ3) is 2.85. The van der Waals surface area contributed by atoms with Crippen molar-refractivity contribution in [1.82, 2.24) is 10.2 Å². The number of benzene rings is 2. The van der Waals surface area contributed by atoms with Gasteiger partial charge < -0.3 is 0 Å². The van der Waals surface area contributed by atoms with E-state index in [2.05, 4.69) is 65.8 Å². The average Bonchev–Trinajstić information content (AvgIpc) is 2.89. The summed E-state index contributed by atoms with van der Waals surface area (Å²) in [7, 11) is 0. The Bertz CT molecular complexity index is 763. The molecule has 1 N–H and O–H groups in total. The minimum atomic E-state index is 0.574. The van der Waals surface area contributed by atoms with Crippen molar-refractivity contribution >= 4 is 23.4 Å². The highest BCUT2D eigenvalue weighted by atomic mass is 35.5. The molecule has 0 fully saturated rings. The van der Waals surface area contributed by atoms with Crippen LogP contribution in [0.25, 0.3) is 22.4 Å². The van der Waals surface area contributed by atoms with Gasteiger partial charge in [0.25, 0.3) is 0 Å². The Morgan fingerprint density at radius 3 is 2.48 bits per heavy atom. The van der Waals surface area contributed by atoms with Crippen molar-refractivity contribution in [3.63, 3.8) is 0 Å². The number of nitrogens with one attached hydrogen (secondary N) is 1. The van der Waals surface area contributed by atoms with Gasteiger partial charge in [-0.15, -0.1) is 11.8 Å². The van der Waals surface area contributed by atoms with Gasteiger partial charge in [-0.05, 0) is 30.9 Å². The molecule has 2 nitrogen and oxygen atoms in total. The van der Waals surface area contributed by atoms with Gasteiger partial charge in [0.1, 0.15) is 10.8 Å². The van der Waals surface area contributed by atoms with Crippen molar-refractivity contribution in [2.45, 2.75) is 11.8 Å². The highest BCUT2D eigenvalue weighted by Gasteiger charge is 2.15. The van der Waals surface area contributed by atoms with Gasteiger partial charge in [-0.1, -0.05) is 53.6 Å². The number of aryl methyl sites for hydroxylation is 1. The zero-order valence-electron chi connectivity index (χ0n) is 11.9. The van der Waals surface area contributed by atoms with Gasteiger partial charge >= 0.3 is 0 Å². The number of halogens is 1. The number of rotatable bonds is 3. The minimum absolute atomic E-state index is 0.574. The number of hydrogen-bond donors (Lipinski definition) is 1. The van der Waals surface area contributed by atoms with Crippen LogP contribution in [-0.2, 0) is 0 Å². The second-order valence-corrected chi connectivity index (χ2v) is 6.12. The first-order valence-electron chi connectivity index (χ1n) is 6.64. The van der Waals surface area contributed by atoms with Crippen LogP contribution in [0.15, 0.2) is 53.4 Å². The molecule has 0 bridgehead atoms. The van der Waals surface area contributed by atoms with Crippen LogP contribution in [0.3, 0.4) is 0 Å². The first-order valence-corrected chi connectivity index (χ1v) is 8.24. The molecule has 1 heterocycles. The summed E-state index contributed by atoms with van der Waals surface area (Å²) in [5.74, 6) is 0. The summed E-state index contributed by atoms with van der Waals surface area (Å²) in [6.45, 7) is 2.07. The molecular formula is C17H15ClN2S. The molecule has 3 aromatic rings. The van der Waals surface area contributed by atoms with Crippen LogP contribution in [-0.4, -0.2) is 16.5 Å². The van der Waals surface area contributed by atoms with E-state index in [4.69, 9.17) is 11.6 Å². The summed E-state index contributed by atoms with van der Waals surface area (Å²) < 4.78 is 0. The molecule has 0 aliphatic heterocycles. The summed E-state index contributed by atoms with van der Waals surface area (Å²) in [4.78, 5) is 1.23. The zero-order chi connectivity index (χ0) is 14.8. The predicted molar refractivity (Wildman–Crippen MR) is 91.0 cm³/mol. The Kier molecular flexibility index (Phi) is 4.04. The Morgan fingerprint density at radius 2 is 1.81 bits per heavy atom. The van der Waals surface area contributed by atoms with Crippen LogP contribution >= 0.6 is 23.4 Å². The first kappa shape index (κ1) is 14.2. The topological polar surface area (TPSA) is 28.7 Å². The molecule has 0 unspecified atom stereocenters. The minimum Gasteiger partial charge on any atom is -0.266 e. The first-order chi connectivity index (χ1) is 10.2. The van der Waals surface area contributed by atoms with Crippen LogP contribution in [0.2, 0.25) is 5.15 Å². The van der Waals surface area contributed by atoms with E-state index in [-0.39, 0.29) is 0 Å². The fraction of sp³-hybridized carbons (Fsp3) is 0.118. The Balaban J connectivity index is 2.12. The number of hydrogen-bond acceptors (Lipinski definition) is 2. The largest absolute Gasteiger partial charge is 0.266 e. The molecule has 0 amide bonds. The fourth-order valence-corrected chi connectivity index (χ4v) is 2.99. The van der Waals surface area contributed by atoms with E-state index in [0.29, 0.717) is 5.15 Å². The number of thioether (sulfide) groups is 1. The molecule has 4 heteroatoms. The fourth-order valence-electron chi connectivity index (χ4n) is 2.34. The van der Waals surface area contributed by atoms with E-state index < -0.39 is 0 Å². The van der Waals surface area contributed by atoms with Crippen LogP contribution in [0.4, 0.5) is 0 Å². The number of nitrogens with zero attached hydrogens (tertiary/aromatic N) is 1. The van der Waals surface area contributed by atoms with E-state index in [9.17, 15) is 0 Å². The van der Waals surface area contributed by atoms with Crippen molar-refractivity contribution in [3.05, 3.63) is 59.2 Å². The molecule has 0 atom stereocenters. The summed E-state index contributed by atoms with van der Waals surface area (Å²) in [5, 5.41) is 7.85. The molecule has 0 saturated heterocycles. The lowest BCUT2D eigenvalue weighted by atomic mass is 10.0. The maximum absolute atomic E-state index is 6.32. The van der Waals surface area contributed by atoms with Crippen LogP contribution in [0.1, 0.15) is 5.56 Å². The van der Waals surface area contributed by atoms with Gasteiger partial charge in [0.2, 0.25) is 0 Å². The lowest BCUT2D eigenvalue weighted by Crippen LogP contribution is -1.84. The predicted octanol–water partition coefficient (Wildman–Crippen LogP) is 5.43. The number of aromatic nitrogens is 2. The van der Waals surface area contributed by atoms with E-state index in [1.807, 2.05) is 6.07 Å². The van der Waals surface area contributed by atoms with Gasteiger partial charge in [0, 0.05) is 16.0 Å². The summed E-state index contributed by atoms with van der Waals surface area (Å²) in [5.41, 5.74) is 5.19. The summed E-state index contributed by atoms with van der Waals surface area (Å²) in [6, 6.07) is 16.7. The second-order valence-electron chi connectivity index (χ2n) is 4.86. The normalized spacial score (nSPS) is 10.8. The van der Waals surface area contributed by atoms with Crippen LogP contribution in [0, 0.1) is 6.92 Å². The number of H-pyrrole nitrogens is 1. The Hall–Kier alpha value is -1.71. The highest BCUT2D eigenvalue weighted by molar-refractivity contribution is 7.98. The molecular weight excluding hydrogens is 300 g/mol. The van der Waals surface area contributed by atoms with E-state index in [1.54, 1.807) is 11.8 Å². The molecule has 1 aromatic heterocycles. The van der Waals surface area contributed by atoms with Crippen molar-refractivity contribution in [2.24, 2.45) is 0 Å². The standard InChI is InChI=1S/C17H15ClN2S/c1-11-4-3-5-13(10-11)15-16(19-20-17(15)18)12-6-8-14(21-2)9-7-12/h3-10H,1-2H3,(H,19,20). The van der Waals surface area contributed by atoms with E-state index >= 15 is 0 Å². The number of aromatic amines is 1. The molecule has 3 rings (SSSR count). The molecule has 0 saturated carbocycles. The van der Waals surface area contributed by atoms with Gasteiger partial charge in [-0.2, -0.15) is 5.10 Å². The SMILES string of the molecule is CSc1ccc(-c2n[nH]c(Cl)c2-c2cccc(C)c2)cc1. The summed E-state index contributed by atoms with van der Waals surface area (Å²) in [6.07, 6.45) is 2.07. The molecule has 0 aliphatic rings. The second kappa shape index (κ2) is 5.96. The average molecular weight is 315 g/mol. The molecule has 0 radical (unpaired) electrons. The van der Waals surface area contributed by atoms with Crippen molar-refractivity contribution in [1.29, 1.82) is 0 Å². The third-order valence-corrected chi connectivity index (χ3v) is 4.41. The maximum atomic E-state index is 6.32. The quantitative estimate of drug-likeness (QED) is 0.653. The monoisotopic (exact) mass is 314 g/mol. The maximum Gasteiger partial charge on any atom is 0.132 e. The van der Waals surface area contributed by atoms with Crippen molar-refractivity contribution < 1.29 is 0 Å². The molecule has 21 heavy (non-hydrogen) atoms. The van der Waals surface area contributed by atoms with Crippen LogP contribution in [0.5, 0.6) is 0 Å². The molecule has 106 valence electrons. The Labute approximate surface area is 133 Å².